The van der Waals surface area contributed by atoms with Gasteiger partial charge in [-0.2, -0.15) is 0 Å². The molecule has 96 valence electrons. The number of hydrogen-bond acceptors (Lipinski definition) is 4. The highest BCUT2D eigenvalue weighted by Gasteiger charge is 2.24. The van der Waals surface area contributed by atoms with Crippen molar-refractivity contribution in [1.29, 1.82) is 0 Å². The number of alkyl carbamates (subject to hydrolysis) is 1. The Bertz CT molecular complexity index is 330. The SMILES string of the molecule is CC(=O)O[C@H]1C=C[C@H](NC(=O)OC(C)(C)C)C1. The number of hydrogen-bond donors (Lipinski definition) is 1. The number of ether oxygens (including phenoxy) is 2. The molecule has 17 heavy (non-hydrogen) atoms. The number of esters is 1. The van der Waals surface area contributed by atoms with Gasteiger partial charge in [-0.3, -0.25) is 4.79 Å². The standard InChI is InChI=1S/C12H19NO4/c1-8(14)16-10-6-5-9(7-10)13-11(15)17-12(2,3)4/h5-6,9-10H,7H2,1-4H3,(H,13,15)/t9-,10-/m0/s1. The maximum absolute atomic E-state index is 11.5. The van der Waals surface area contributed by atoms with E-state index < -0.39 is 11.7 Å². The molecule has 0 aliphatic heterocycles. The highest BCUT2D eigenvalue weighted by atomic mass is 16.6. The average molecular weight is 241 g/mol. The first-order valence-corrected chi connectivity index (χ1v) is 5.61. The van der Waals surface area contributed by atoms with Gasteiger partial charge in [0.15, 0.2) is 0 Å². The van der Waals surface area contributed by atoms with Crippen molar-refractivity contribution in [1.82, 2.24) is 5.32 Å². The van der Waals surface area contributed by atoms with Crippen LogP contribution in [0.1, 0.15) is 34.1 Å². The fourth-order valence-electron chi connectivity index (χ4n) is 1.53. The van der Waals surface area contributed by atoms with E-state index in [-0.39, 0.29) is 18.1 Å². The second-order valence-electron chi connectivity index (χ2n) is 5.02. The van der Waals surface area contributed by atoms with Crippen LogP contribution in [0.5, 0.6) is 0 Å². The van der Waals surface area contributed by atoms with Crippen molar-refractivity contribution in [2.75, 3.05) is 0 Å². The molecule has 0 aromatic carbocycles. The van der Waals surface area contributed by atoms with Gasteiger partial charge in [0.05, 0.1) is 6.04 Å². The summed E-state index contributed by atoms with van der Waals surface area (Å²) in [6.07, 6.45) is 3.41. The molecule has 5 heteroatoms. The summed E-state index contributed by atoms with van der Waals surface area (Å²) >= 11 is 0. The van der Waals surface area contributed by atoms with Crippen molar-refractivity contribution < 1.29 is 19.1 Å². The molecule has 0 saturated heterocycles. The maximum Gasteiger partial charge on any atom is 0.408 e. The Labute approximate surface area is 101 Å². The molecule has 0 fully saturated rings. The summed E-state index contributed by atoms with van der Waals surface area (Å²) in [5.41, 5.74) is -0.512. The van der Waals surface area contributed by atoms with E-state index in [1.807, 2.05) is 0 Å². The summed E-state index contributed by atoms with van der Waals surface area (Å²) in [4.78, 5) is 22.2. The van der Waals surface area contributed by atoms with Crippen molar-refractivity contribution in [3.8, 4) is 0 Å². The third-order valence-electron chi connectivity index (χ3n) is 2.06. The molecule has 1 aliphatic carbocycles. The summed E-state index contributed by atoms with van der Waals surface area (Å²) in [6.45, 7) is 6.78. The van der Waals surface area contributed by atoms with Crippen LogP contribution < -0.4 is 5.32 Å². The van der Waals surface area contributed by atoms with E-state index >= 15 is 0 Å². The fourth-order valence-corrected chi connectivity index (χ4v) is 1.53. The van der Waals surface area contributed by atoms with Crippen LogP contribution in [-0.2, 0) is 14.3 Å². The summed E-state index contributed by atoms with van der Waals surface area (Å²) < 4.78 is 10.1. The number of rotatable bonds is 2. The second-order valence-corrected chi connectivity index (χ2v) is 5.02. The molecular formula is C12H19NO4. The molecule has 0 aromatic rings. The van der Waals surface area contributed by atoms with Gasteiger partial charge in [-0.25, -0.2) is 4.79 Å². The summed E-state index contributed by atoms with van der Waals surface area (Å²) in [6, 6.07) is -0.144. The third-order valence-corrected chi connectivity index (χ3v) is 2.06. The van der Waals surface area contributed by atoms with Crippen molar-refractivity contribution in [3.63, 3.8) is 0 Å². The normalized spacial score (nSPS) is 23.3. The van der Waals surface area contributed by atoms with E-state index in [1.54, 1.807) is 32.9 Å². The Kier molecular flexibility index (Phi) is 4.15. The molecule has 0 heterocycles. The van der Waals surface area contributed by atoms with Crippen molar-refractivity contribution in [2.45, 2.75) is 51.9 Å². The van der Waals surface area contributed by atoms with Crippen LogP contribution in [0.15, 0.2) is 12.2 Å². The number of carbonyl (C=O) groups is 2. The molecule has 0 aromatic heterocycles. The van der Waals surface area contributed by atoms with Crippen LogP contribution in [0.25, 0.3) is 0 Å². The van der Waals surface area contributed by atoms with Crippen LogP contribution in [-0.4, -0.2) is 29.8 Å². The first-order valence-electron chi connectivity index (χ1n) is 5.61. The molecule has 0 radical (unpaired) electrons. The minimum atomic E-state index is -0.512. The Morgan fingerprint density at radius 2 is 1.94 bits per heavy atom. The second kappa shape index (κ2) is 5.21. The first kappa shape index (κ1) is 13.5. The molecule has 1 rings (SSSR count). The molecule has 1 amide bonds. The molecular weight excluding hydrogens is 222 g/mol. The van der Waals surface area contributed by atoms with Gasteiger partial charge in [0.1, 0.15) is 11.7 Å². The predicted molar refractivity (Wildman–Crippen MR) is 62.5 cm³/mol. The summed E-state index contributed by atoms with van der Waals surface area (Å²) in [7, 11) is 0. The predicted octanol–water partition coefficient (Wildman–Crippen LogP) is 1.77. The van der Waals surface area contributed by atoms with Gasteiger partial charge in [-0.1, -0.05) is 6.08 Å². The van der Waals surface area contributed by atoms with Gasteiger partial charge >= 0.3 is 12.1 Å². The van der Waals surface area contributed by atoms with Crippen LogP contribution in [0.3, 0.4) is 0 Å². The smallest absolute Gasteiger partial charge is 0.408 e. The van der Waals surface area contributed by atoms with Crippen molar-refractivity contribution in [3.05, 3.63) is 12.2 Å². The first-order chi connectivity index (χ1) is 7.76. The topological polar surface area (TPSA) is 64.6 Å². The number of carbonyl (C=O) groups excluding carboxylic acids is 2. The highest BCUT2D eigenvalue weighted by molar-refractivity contribution is 5.69. The van der Waals surface area contributed by atoms with Gasteiger partial charge < -0.3 is 14.8 Å². The fraction of sp³-hybridized carbons (Fsp3) is 0.667. The zero-order valence-corrected chi connectivity index (χ0v) is 10.6. The number of amides is 1. The maximum atomic E-state index is 11.5. The van der Waals surface area contributed by atoms with E-state index in [0.717, 1.165) is 0 Å². The molecule has 1 N–H and O–H groups in total. The zero-order valence-electron chi connectivity index (χ0n) is 10.6. The molecule has 0 unspecified atom stereocenters. The lowest BCUT2D eigenvalue weighted by Gasteiger charge is -2.21. The molecule has 0 spiro atoms. The average Bonchev–Trinajstić information content (AvgIpc) is 2.46. The third kappa shape index (κ3) is 5.38. The monoisotopic (exact) mass is 241 g/mol. The number of nitrogens with one attached hydrogen (secondary N) is 1. The Morgan fingerprint density at radius 1 is 1.29 bits per heavy atom. The Balaban J connectivity index is 2.34. The summed E-state index contributed by atoms with van der Waals surface area (Å²) in [5.74, 6) is -0.322. The minimum Gasteiger partial charge on any atom is -0.458 e. The highest BCUT2D eigenvalue weighted by Crippen LogP contribution is 2.15. The molecule has 1 aliphatic rings. The Hall–Kier alpha value is -1.52. The lowest BCUT2D eigenvalue weighted by atomic mass is 10.2. The van der Waals surface area contributed by atoms with E-state index in [0.29, 0.717) is 6.42 Å². The van der Waals surface area contributed by atoms with Gasteiger partial charge in [0.25, 0.3) is 0 Å². The molecule has 0 bridgehead atoms. The van der Waals surface area contributed by atoms with E-state index in [4.69, 9.17) is 9.47 Å². The summed E-state index contributed by atoms with van der Waals surface area (Å²) in [5, 5.41) is 2.70. The molecule has 0 saturated carbocycles. The van der Waals surface area contributed by atoms with E-state index in [2.05, 4.69) is 5.32 Å². The van der Waals surface area contributed by atoms with Crippen molar-refractivity contribution in [2.24, 2.45) is 0 Å². The van der Waals surface area contributed by atoms with Gasteiger partial charge in [0.2, 0.25) is 0 Å². The Morgan fingerprint density at radius 3 is 2.47 bits per heavy atom. The van der Waals surface area contributed by atoms with Crippen LogP contribution in [0.2, 0.25) is 0 Å². The quantitative estimate of drug-likeness (QED) is 0.591. The zero-order chi connectivity index (χ0) is 13.1. The van der Waals surface area contributed by atoms with Gasteiger partial charge in [0, 0.05) is 13.3 Å². The lowest BCUT2D eigenvalue weighted by Crippen LogP contribution is -2.38. The largest absolute Gasteiger partial charge is 0.458 e. The molecule has 2 atom stereocenters. The van der Waals surface area contributed by atoms with Crippen LogP contribution in [0, 0.1) is 0 Å². The van der Waals surface area contributed by atoms with Gasteiger partial charge in [-0.05, 0) is 26.8 Å². The lowest BCUT2D eigenvalue weighted by molar-refractivity contribution is -0.144. The van der Waals surface area contributed by atoms with Crippen molar-refractivity contribution >= 4 is 12.1 Å². The van der Waals surface area contributed by atoms with Crippen LogP contribution >= 0.6 is 0 Å². The minimum absolute atomic E-state index is 0.144. The molecule has 5 nitrogen and oxygen atoms in total. The van der Waals surface area contributed by atoms with E-state index in [9.17, 15) is 9.59 Å². The van der Waals surface area contributed by atoms with Crippen LogP contribution in [0.4, 0.5) is 4.79 Å². The van der Waals surface area contributed by atoms with E-state index in [1.165, 1.54) is 6.92 Å². The van der Waals surface area contributed by atoms with Gasteiger partial charge in [-0.15, -0.1) is 0 Å².